The maximum atomic E-state index is 12.0. The first-order valence-corrected chi connectivity index (χ1v) is 8.39. The molecule has 0 heterocycles. The molecule has 2 N–H and O–H groups in total. The first kappa shape index (κ1) is 15.6. The molecule has 0 radical (unpaired) electrons. The second-order valence-electron chi connectivity index (χ2n) is 5.38. The molecule has 1 saturated carbocycles. The van der Waals surface area contributed by atoms with E-state index in [0.717, 1.165) is 12.8 Å². The van der Waals surface area contributed by atoms with Gasteiger partial charge in [0.15, 0.2) is 0 Å². The Labute approximate surface area is 113 Å². The van der Waals surface area contributed by atoms with Gasteiger partial charge in [-0.15, -0.1) is 0 Å². The first-order valence-electron chi connectivity index (χ1n) is 6.77. The Hall–Kier alpha value is -0.420. The molecule has 1 fully saturated rings. The van der Waals surface area contributed by atoms with Crippen LogP contribution in [-0.2, 0) is 15.6 Å². The standard InChI is InChI=1S/C13H26N2O2S/c1-11(18(3)17)10-15-12(16)9-13(14-2)7-5-4-6-8-13/h11,14H,4-10H2,1-3H3,(H,15,16). The van der Waals surface area contributed by atoms with E-state index >= 15 is 0 Å². The molecule has 0 aliphatic heterocycles. The van der Waals surface area contributed by atoms with Crippen molar-refractivity contribution in [2.75, 3.05) is 19.8 Å². The van der Waals surface area contributed by atoms with Crippen LogP contribution in [0.25, 0.3) is 0 Å². The maximum Gasteiger partial charge on any atom is 0.221 e. The number of hydrogen-bond acceptors (Lipinski definition) is 3. The molecule has 18 heavy (non-hydrogen) atoms. The maximum absolute atomic E-state index is 12.0. The zero-order chi connectivity index (χ0) is 13.6. The summed E-state index contributed by atoms with van der Waals surface area (Å²) in [6, 6.07) is 0. The van der Waals surface area contributed by atoms with E-state index in [9.17, 15) is 9.00 Å². The van der Waals surface area contributed by atoms with Crippen molar-refractivity contribution in [2.24, 2.45) is 0 Å². The highest BCUT2D eigenvalue weighted by Crippen LogP contribution is 2.30. The summed E-state index contributed by atoms with van der Waals surface area (Å²) in [7, 11) is 1.07. The number of nitrogens with one attached hydrogen (secondary N) is 2. The molecule has 0 aromatic rings. The van der Waals surface area contributed by atoms with E-state index < -0.39 is 10.8 Å². The SMILES string of the molecule is CNC1(CC(=O)NCC(C)S(C)=O)CCCCC1. The Morgan fingerprint density at radius 2 is 1.94 bits per heavy atom. The Balaban J connectivity index is 2.40. The third kappa shape index (κ3) is 4.69. The fraction of sp³-hybridized carbons (Fsp3) is 0.923. The highest BCUT2D eigenvalue weighted by Gasteiger charge is 2.32. The highest BCUT2D eigenvalue weighted by atomic mass is 32.2. The van der Waals surface area contributed by atoms with Crippen molar-refractivity contribution in [2.45, 2.75) is 56.2 Å². The third-order valence-electron chi connectivity index (χ3n) is 3.99. The van der Waals surface area contributed by atoms with Crippen molar-refractivity contribution in [3.05, 3.63) is 0 Å². The van der Waals surface area contributed by atoms with Crippen LogP contribution in [-0.4, -0.2) is 40.8 Å². The molecule has 0 aromatic heterocycles. The van der Waals surface area contributed by atoms with Gasteiger partial charge < -0.3 is 10.6 Å². The lowest BCUT2D eigenvalue weighted by atomic mass is 9.79. The van der Waals surface area contributed by atoms with Crippen molar-refractivity contribution >= 4 is 16.7 Å². The minimum atomic E-state index is -0.876. The Morgan fingerprint density at radius 1 is 1.33 bits per heavy atom. The molecule has 0 spiro atoms. The van der Waals surface area contributed by atoms with E-state index in [0.29, 0.717) is 13.0 Å². The Morgan fingerprint density at radius 3 is 2.44 bits per heavy atom. The van der Waals surface area contributed by atoms with Crippen molar-refractivity contribution < 1.29 is 9.00 Å². The quantitative estimate of drug-likeness (QED) is 0.765. The van der Waals surface area contributed by atoms with E-state index in [1.54, 1.807) is 6.26 Å². The molecule has 1 rings (SSSR count). The molecule has 0 saturated heterocycles. The van der Waals surface area contributed by atoms with Gasteiger partial charge in [-0.25, -0.2) is 0 Å². The Kier molecular flexibility index (Phi) is 6.29. The van der Waals surface area contributed by atoms with Gasteiger partial charge in [0.25, 0.3) is 0 Å². The number of amides is 1. The average molecular weight is 274 g/mol. The van der Waals surface area contributed by atoms with Gasteiger partial charge in [-0.1, -0.05) is 19.3 Å². The lowest BCUT2D eigenvalue weighted by molar-refractivity contribution is -0.122. The van der Waals surface area contributed by atoms with Crippen LogP contribution in [0.15, 0.2) is 0 Å². The predicted molar refractivity (Wildman–Crippen MR) is 76.0 cm³/mol. The van der Waals surface area contributed by atoms with Crippen LogP contribution in [0, 0.1) is 0 Å². The molecule has 2 atom stereocenters. The lowest BCUT2D eigenvalue weighted by Gasteiger charge is -2.36. The number of carbonyl (C=O) groups excluding carboxylic acids is 1. The number of carbonyl (C=O) groups is 1. The fourth-order valence-electron chi connectivity index (χ4n) is 2.49. The fourth-order valence-corrected chi connectivity index (χ4v) is 2.81. The van der Waals surface area contributed by atoms with Gasteiger partial charge in [0.1, 0.15) is 0 Å². The summed E-state index contributed by atoms with van der Waals surface area (Å²) in [5, 5.41) is 6.26. The monoisotopic (exact) mass is 274 g/mol. The topological polar surface area (TPSA) is 58.2 Å². The van der Waals surface area contributed by atoms with Gasteiger partial charge in [0, 0.05) is 40.8 Å². The molecule has 0 aromatic carbocycles. The van der Waals surface area contributed by atoms with Gasteiger partial charge in [-0.2, -0.15) is 0 Å². The molecular weight excluding hydrogens is 248 g/mol. The normalized spacial score (nSPS) is 22.2. The van der Waals surface area contributed by atoms with E-state index in [-0.39, 0.29) is 16.7 Å². The second-order valence-corrected chi connectivity index (χ2v) is 7.18. The minimum absolute atomic E-state index is 0.0169. The molecule has 106 valence electrons. The van der Waals surface area contributed by atoms with Crippen LogP contribution in [0.5, 0.6) is 0 Å². The molecule has 5 heteroatoms. The van der Waals surface area contributed by atoms with Gasteiger partial charge in [0.05, 0.1) is 0 Å². The summed E-state index contributed by atoms with van der Waals surface area (Å²) < 4.78 is 11.2. The van der Waals surface area contributed by atoms with Gasteiger partial charge in [-0.3, -0.25) is 9.00 Å². The zero-order valence-electron chi connectivity index (χ0n) is 11.8. The van der Waals surface area contributed by atoms with Crippen molar-refractivity contribution in [1.82, 2.24) is 10.6 Å². The molecular formula is C13H26N2O2S. The molecule has 0 bridgehead atoms. The molecule has 2 unspecified atom stereocenters. The summed E-state index contributed by atoms with van der Waals surface area (Å²) in [6.45, 7) is 2.40. The highest BCUT2D eigenvalue weighted by molar-refractivity contribution is 7.84. The summed E-state index contributed by atoms with van der Waals surface area (Å²) in [4.78, 5) is 12.0. The van der Waals surface area contributed by atoms with Gasteiger partial charge >= 0.3 is 0 Å². The zero-order valence-corrected chi connectivity index (χ0v) is 12.6. The van der Waals surface area contributed by atoms with Crippen molar-refractivity contribution in [3.63, 3.8) is 0 Å². The molecule has 1 amide bonds. The van der Waals surface area contributed by atoms with Crippen LogP contribution < -0.4 is 10.6 Å². The largest absolute Gasteiger partial charge is 0.355 e. The van der Waals surface area contributed by atoms with E-state index in [4.69, 9.17) is 0 Å². The minimum Gasteiger partial charge on any atom is -0.355 e. The lowest BCUT2D eigenvalue weighted by Crippen LogP contribution is -2.48. The molecule has 1 aliphatic rings. The third-order valence-corrected chi connectivity index (χ3v) is 5.29. The van der Waals surface area contributed by atoms with Crippen molar-refractivity contribution in [1.29, 1.82) is 0 Å². The average Bonchev–Trinajstić information content (AvgIpc) is 2.36. The molecule has 4 nitrogen and oxygen atoms in total. The van der Waals surface area contributed by atoms with E-state index in [1.165, 1.54) is 19.3 Å². The number of hydrogen-bond donors (Lipinski definition) is 2. The number of rotatable bonds is 6. The second kappa shape index (κ2) is 7.24. The van der Waals surface area contributed by atoms with E-state index in [2.05, 4.69) is 10.6 Å². The van der Waals surface area contributed by atoms with Crippen LogP contribution in [0.2, 0.25) is 0 Å². The summed E-state index contributed by atoms with van der Waals surface area (Å²) in [5.74, 6) is 0.0727. The van der Waals surface area contributed by atoms with E-state index in [1.807, 2.05) is 14.0 Å². The van der Waals surface area contributed by atoms with Gasteiger partial charge in [0.2, 0.25) is 5.91 Å². The van der Waals surface area contributed by atoms with Crippen molar-refractivity contribution in [3.8, 4) is 0 Å². The first-order chi connectivity index (χ1) is 8.49. The van der Waals surface area contributed by atoms with Gasteiger partial charge in [-0.05, 0) is 26.8 Å². The Bertz CT molecular complexity index is 301. The predicted octanol–water partition coefficient (Wildman–Crippen LogP) is 1.18. The van der Waals surface area contributed by atoms with Crippen LogP contribution in [0.4, 0.5) is 0 Å². The molecule has 1 aliphatic carbocycles. The summed E-state index contributed by atoms with van der Waals surface area (Å²) in [5.41, 5.74) is -0.0169. The smallest absolute Gasteiger partial charge is 0.221 e. The summed E-state index contributed by atoms with van der Waals surface area (Å²) in [6.07, 6.45) is 8.03. The van der Waals surface area contributed by atoms with Crippen LogP contribution >= 0.6 is 0 Å². The van der Waals surface area contributed by atoms with Crippen LogP contribution in [0.3, 0.4) is 0 Å². The summed E-state index contributed by atoms with van der Waals surface area (Å²) >= 11 is 0. The van der Waals surface area contributed by atoms with Crippen LogP contribution in [0.1, 0.15) is 45.4 Å².